The maximum Gasteiger partial charge on any atom is 0.255 e. The second-order valence-corrected chi connectivity index (χ2v) is 9.48. The number of benzene rings is 1. The van der Waals surface area contributed by atoms with Crippen LogP contribution in [0.2, 0.25) is 0 Å². The third-order valence-electron chi connectivity index (χ3n) is 7.29. The molecule has 2 aromatic heterocycles. The number of pyridine rings is 1. The molecule has 0 radical (unpaired) electrons. The van der Waals surface area contributed by atoms with Gasteiger partial charge in [-0.2, -0.15) is 5.10 Å². The molecule has 1 aromatic carbocycles. The van der Waals surface area contributed by atoms with E-state index in [9.17, 15) is 18.4 Å². The Labute approximate surface area is 207 Å². The molecule has 190 valence electrons. The molecule has 0 bridgehead atoms. The number of fused-ring (bicyclic) bond motifs is 1. The lowest BCUT2D eigenvalue weighted by molar-refractivity contribution is -0.136. The largest absolute Gasteiger partial charge is 0.364 e. The molecule has 3 aromatic rings. The van der Waals surface area contributed by atoms with Gasteiger partial charge in [0.05, 0.1) is 30.4 Å². The number of hydrogen-bond donors (Lipinski definition) is 2. The SMILES string of the molecule is CONC(=O)[C@H]1CC[C@H](NC(=O)c2cnn3ccc(N4CCC[C@@H]4c4cc(F)ccc4F)cc23)CC1. The van der Waals surface area contributed by atoms with E-state index in [0.717, 1.165) is 18.2 Å². The number of carbonyl (C=O) groups excluding carboxylic acids is 2. The van der Waals surface area contributed by atoms with Gasteiger partial charge in [0.25, 0.3) is 5.91 Å². The quantitative estimate of drug-likeness (QED) is 0.504. The minimum absolute atomic E-state index is 0.0267. The fourth-order valence-electron chi connectivity index (χ4n) is 5.44. The van der Waals surface area contributed by atoms with Crippen LogP contribution in [0.25, 0.3) is 5.52 Å². The predicted octanol–water partition coefficient (Wildman–Crippen LogP) is 3.92. The number of nitrogens with zero attached hydrogens (tertiary/aromatic N) is 3. The molecule has 2 N–H and O–H groups in total. The highest BCUT2D eigenvalue weighted by Crippen LogP contribution is 2.38. The van der Waals surface area contributed by atoms with E-state index in [-0.39, 0.29) is 29.8 Å². The van der Waals surface area contributed by atoms with Gasteiger partial charge in [-0.15, -0.1) is 0 Å². The van der Waals surface area contributed by atoms with Crippen molar-refractivity contribution in [1.29, 1.82) is 0 Å². The highest BCUT2D eigenvalue weighted by atomic mass is 19.1. The van der Waals surface area contributed by atoms with Crippen molar-refractivity contribution in [3.63, 3.8) is 0 Å². The number of hydroxylamine groups is 1. The average molecular weight is 498 g/mol. The standard InChI is InChI=1S/C26H29F2N5O3/c1-36-31-25(34)16-4-7-18(8-5-16)30-26(35)21-15-29-33-12-10-19(14-24(21)33)32-11-2-3-23(32)20-13-17(27)6-9-22(20)28/h6,9-10,12-16,18,23H,2-5,7-8,11H2,1H3,(H,30,35)(H,31,34)/t16-,18-,23-/m1/s1. The first-order valence-electron chi connectivity index (χ1n) is 12.3. The Hall–Kier alpha value is -3.53. The smallest absolute Gasteiger partial charge is 0.255 e. The van der Waals surface area contributed by atoms with Gasteiger partial charge in [-0.3, -0.25) is 14.4 Å². The van der Waals surface area contributed by atoms with Gasteiger partial charge in [-0.25, -0.2) is 18.8 Å². The third-order valence-corrected chi connectivity index (χ3v) is 7.29. The van der Waals surface area contributed by atoms with E-state index in [2.05, 4.69) is 20.8 Å². The van der Waals surface area contributed by atoms with E-state index in [1.54, 1.807) is 16.9 Å². The maximum atomic E-state index is 14.5. The van der Waals surface area contributed by atoms with Gasteiger partial charge in [0, 0.05) is 36.0 Å². The Kier molecular flexibility index (Phi) is 6.86. The van der Waals surface area contributed by atoms with Gasteiger partial charge < -0.3 is 10.2 Å². The molecule has 1 saturated carbocycles. The Morgan fingerprint density at radius 2 is 1.89 bits per heavy atom. The van der Waals surface area contributed by atoms with Gasteiger partial charge in [-0.05, 0) is 68.9 Å². The zero-order chi connectivity index (χ0) is 25.2. The molecular formula is C26H29F2N5O3. The number of halogens is 2. The van der Waals surface area contributed by atoms with E-state index in [1.807, 2.05) is 12.1 Å². The number of carbonyl (C=O) groups is 2. The Morgan fingerprint density at radius 1 is 1.08 bits per heavy atom. The first kappa shape index (κ1) is 24.2. The summed E-state index contributed by atoms with van der Waals surface area (Å²) in [4.78, 5) is 31.9. The Bertz CT molecular complexity index is 1270. The van der Waals surface area contributed by atoms with Crippen molar-refractivity contribution >= 4 is 23.0 Å². The van der Waals surface area contributed by atoms with Crippen molar-refractivity contribution in [3.8, 4) is 0 Å². The van der Waals surface area contributed by atoms with Gasteiger partial charge in [0.1, 0.15) is 11.6 Å². The van der Waals surface area contributed by atoms with E-state index in [0.29, 0.717) is 55.3 Å². The van der Waals surface area contributed by atoms with Crippen LogP contribution in [0.15, 0.2) is 42.7 Å². The van der Waals surface area contributed by atoms with Crippen LogP contribution in [0.3, 0.4) is 0 Å². The predicted molar refractivity (Wildman–Crippen MR) is 129 cm³/mol. The zero-order valence-corrected chi connectivity index (χ0v) is 20.0. The molecule has 5 rings (SSSR count). The number of rotatable bonds is 6. The van der Waals surface area contributed by atoms with Crippen LogP contribution < -0.4 is 15.7 Å². The lowest BCUT2D eigenvalue weighted by atomic mass is 9.85. The Morgan fingerprint density at radius 3 is 2.67 bits per heavy atom. The van der Waals surface area contributed by atoms with E-state index in [4.69, 9.17) is 4.84 Å². The van der Waals surface area contributed by atoms with Crippen molar-refractivity contribution < 1.29 is 23.2 Å². The summed E-state index contributed by atoms with van der Waals surface area (Å²) < 4.78 is 30.0. The van der Waals surface area contributed by atoms with Crippen LogP contribution in [0.4, 0.5) is 14.5 Å². The fourth-order valence-corrected chi connectivity index (χ4v) is 5.44. The average Bonchev–Trinajstić information content (AvgIpc) is 3.53. The molecule has 2 aliphatic rings. The molecule has 36 heavy (non-hydrogen) atoms. The monoisotopic (exact) mass is 497 g/mol. The lowest BCUT2D eigenvalue weighted by Crippen LogP contribution is -2.40. The van der Waals surface area contributed by atoms with Crippen molar-refractivity contribution in [2.75, 3.05) is 18.6 Å². The van der Waals surface area contributed by atoms with Gasteiger partial charge >= 0.3 is 0 Å². The van der Waals surface area contributed by atoms with Crippen LogP contribution in [0, 0.1) is 17.6 Å². The molecule has 1 aliphatic heterocycles. The maximum absolute atomic E-state index is 14.5. The van der Waals surface area contributed by atoms with Crippen LogP contribution in [-0.4, -0.2) is 41.1 Å². The van der Waals surface area contributed by atoms with Crippen LogP contribution in [-0.2, 0) is 9.63 Å². The number of hydrogen-bond acceptors (Lipinski definition) is 5. The molecule has 2 amide bonds. The normalized spacial score (nSPS) is 22.1. The summed E-state index contributed by atoms with van der Waals surface area (Å²) in [6, 6.07) is 7.01. The first-order valence-corrected chi connectivity index (χ1v) is 12.3. The third kappa shape index (κ3) is 4.77. The second kappa shape index (κ2) is 10.2. The van der Waals surface area contributed by atoms with Gasteiger partial charge in [0.15, 0.2) is 0 Å². The van der Waals surface area contributed by atoms with E-state index < -0.39 is 11.6 Å². The summed E-state index contributed by atoms with van der Waals surface area (Å²) in [6.45, 7) is 0.701. The van der Waals surface area contributed by atoms with Crippen LogP contribution in [0.1, 0.15) is 60.5 Å². The summed E-state index contributed by atoms with van der Waals surface area (Å²) in [7, 11) is 1.41. The molecule has 3 heterocycles. The van der Waals surface area contributed by atoms with Crippen molar-refractivity contribution in [2.24, 2.45) is 5.92 Å². The minimum Gasteiger partial charge on any atom is -0.364 e. The topological polar surface area (TPSA) is 88.0 Å². The fraction of sp³-hybridized carbons (Fsp3) is 0.423. The molecule has 1 saturated heterocycles. The van der Waals surface area contributed by atoms with Crippen LogP contribution >= 0.6 is 0 Å². The summed E-state index contributed by atoms with van der Waals surface area (Å²) >= 11 is 0. The van der Waals surface area contributed by atoms with Crippen molar-refractivity contribution in [1.82, 2.24) is 20.4 Å². The van der Waals surface area contributed by atoms with Crippen molar-refractivity contribution in [3.05, 3.63) is 65.5 Å². The molecule has 1 aliphatic carbocycles. The highest BCUT2D eigenvalue weighted by Gasteiger charge is 2.30. The molecule has 10 heteroatoms. The summed E-state index contributed by atoms with van der Waals surface area (Å²) in [5.41, 5.74) is 4.64. The van der Waals surface area contributed by atoms with Crippen molar-refractivity contribution in [2.45, 2.75) is 50.6 Å². The molecule has 8 nitrogen and oxygen atoms in total. The molecule has 0 unspecified atom stereocenters. The first-order chi connectivity index (χ1) is 17.4. The Balaban J connectivity index is 1.32. The van der Waals surface area contributed by atoms with Gasteiger partial charge in [-0.1, -0.05) is 0 Å². The number of aromatic nitrogens is 2. The minimum atomic E-state index is -0.461. The molecule has 1 atom stereocenters. The summed E-state index contributed by atoms with van der Waals surface area (Å²) in [5.74, 6) is -1.35. The molecular weight excluding hydrogens is 468 g/mol. The number of amides is 2. The van der Waals surface area contributed by atoms with E-state index >= 15 is 0 Å². The zero-order valence-electron chi connectivity index (χ0n) is 20.0. The van der Waals surface area contributed by atoms with Gasteiger partial charge in [0.2, 0.25) is 5.91 Å². The highest BCUT2D eigenvalue weighted by molar-refractivity contribution is 6.01. The second-order valence-electron chi connectivity index (χ2n) is 9.48. The molecule has 2 fully saturated rings. The summed E-state index contributed by atoms with van der Waals surface area (Å²) in [5, 5.41) is 7.40. The summed E-state index contributed by atoms with van der Waals surface area (Å²) in [6.07, 6.45) is 7.63. The molecule has 0 spiro atoms. The number of anilines is 1. The van der Waals surface area contributed by atoms with E-state index in [1.165, 1.54) is 19.2 Å². The lowest BCUT2D eigenvalue weighted by Gasteiger charge is -2.28. The number of nitrogens with one attached hydrogen (secondary N) is 2. The van der Waals surface area contributed by atoms with Crippen LogP contribution in [0.5, 0.6) is 0 Å².